The van der Waals surface area contributed by atoms with Crippen molar-refractivity contribution in [3.63, 3.8) is 0 Å². The predicted molar refractivity (Wildman–Crippen MR) is 97.2 cm³/mol. The summed E-state index contributed by atoms with van der Waals surface area (Å²) in [6, 6.07) is 0.855. The Morgan fingerprint density at radius 3 is 2.73 bits per heavy atom. The first-order valence-corrected chi connectivity index (χ1v) is 11.6. The summed E-state index contributed by atoms with van der Waals surface area (Å²) in [6.07, 6.45) is 9.66. The molecular formula is C16H35NO3SSi. The smallest absolute Gasteiger partial charge is 0.373 e. The Labute approximate surface area is 143 Å². The third kappa shape index (κ3) is 8.89. The first-order chi connectivity index (χ1) is 10.7. The molecule has 6 heteroatoms. The van der Waals surface area contributed by atoms with Gasteiger partial charge < -0.3 is 8.85 Å². The molecule has 2 atom stereocenters. The zero-order valence-electron chi connectivity index (χ0n) is 14.4. The summed E-state index contributed by atoms with van der Waals surface area (Å²) in [6.45, 7) is 6.83. The number of hydrogen-bond acceptors (Lipinski definition) is 5. The first-order valence-electron chi connectivity index (χ1n) is 9.02. The average Bonchev–Trinajstić information content (AvgIpc) is 2.50. The lowest BCUT2D eigenvalue weighted by Gasteiger charge is -2.32. The van der Waals surface area contributed by atoms with E-state index in [1.165, 1.54) is 32.1 Å². The van der Waals surface area contributed by atoms with Gasteiger partial charge in [0.05, 0.1) is 0 Å². The predicted octanol–water partition coefficient (Wildman–Crippen LogP) is 4.20. The number of rotatable bonds is 11. The highest BCUT2D eigenvalue weighted by Crippen LogP contribution is 2.21. The summed E-state index contributed by atoms with van der Waals surface area (Å²) in [5, 5.41) is 0. The molecule has 1 heterocycles. The molecule has 0 aromatic carbocycles. The maximum Gasteiger partial charge on any atom is 0.517 e. The maximum atomic E-state index is 6.15. The van der Waals surface area contributed by atoms with Crippen molar-refractivity contribution in [1.82, 2.24) is 5.48 Å². The fourth-order valence-electron chi connectivity index (χ4n) is 2.51. The van der Waals surface area contributed by atoms with Crippen molar-refractivity contribution in [1.29, 1.82) is 0 Å². The molecule has 0 radical (unpaired) electrons. The van der Waals surface area contributed by atoms with E-state index in [1.807, 2.05) is 0 Å². The molecule has 0 aromatic heterocycles. The number of unbranched alkanes of at least 4 members (excludes halogenated alkanes) is 5. The molecule has 4 nitrogen and oxygen atoms in total. The van der Waals surface area contributed by atoms with Gasteiger partial charge in [-0.05, 0) is 30.9 Å². The van der Waals surface area contributed by atoms with E-state index in [0.717, 1.165) is 50.8 Å². The van der Waals surface area contributed by atoms with Crippen molar-refractivity contribution < 1.29 is 13.4 Å². The first kappa shape index (κ1) is 20.5. The van der Waals surface area contributed by atoms with Gasteiger partial charge in [0.25, 0.3) is 0 Å². The Kier molecular flexibility index (Phi) is 11.9. The van der Waals surface area contributed by atoms with Crippen molar-refractivity contribution in [3.8, 4) is 0 Å². The topological polar surface area (TPSA) is 39.7 Å². The SMILES string of the molecule is CCCCCCCCO[Si]1(CCCS)OCCC(C)CNO1. The zero-order valence-corrected chi connectivity index (χ0v) is 16.3. The van der Waals surface area contributed by atoms with E-state index >= 15 is 0 Å². The fraction of sp³-hybridized carbons (Fsp3) is 1.00. The highest BCUT2D eigenvalue weighted by Gasteiger charge is 2.42. The minimum Gasteiger partial charge on any atom is -0.373 e. The molecule has 0 aromatic rings. The van der Waals surface area contributed by atoms with Crippen LogP contribution in [0, 0.1) is 5.92 Å². The van der Waals surface area contributed by atoms with Crippen LogP contribution in [0.25, 0.3) is 0 Å². The molecule has 1 aliphatic rings. The third-order valence-electron chi connectivity index (χ3n) is 4.05. The van der Waals surface area contributed by atoms with Crippen LogP contribution in [0.1, 0.15) is 65.2 Å². The van der Waals surface area contributed by atoms with E-state index in [2.05, 4.69) is 32.0 Å². The Balaban J connectivity index is 2.32. The highest BCUT2D eigenvalue weighted by atomic mass is 32.1. The van der Waals surface area contributed by atoms with Gasteiger partial charge in [-0.15, -0.1) is 0 Å². The minimum absolute atomic E-state index is 0.579. The van der Waals surface area contributed by atoms with E-state index in [1.54, 1.807) is 0 Å². The summed E-state index contributed by atoms with van der Waals surface area (Å²) in [7, 11) is -2.55. The van der Waals surface area contributed by atoms with Gasteiger partial charge in [-0.1, -0.05) is 46.0 Å². The summed E-state index contributed by atoms with van der Waals surface area (Å²) in [4.78, 5) is 0. The lowest BCUT2D eigenvalue weighted by molar-refractivity contribution is -0.00168. The molecular weight excluding hydrogens is 314 g/mol. The summed E-state index contributed by atoms with van der Waals surface area (Å²) >= 11 is 4.31. The molecule has 2 unspecified atom stereocenters. The number of nitrogens with one attached hydrogen (secondary N) is 1. The van der Waals surface area contributed by atoms with Crippen LogP contribution < -0.4 is 5.48 Å². The highest BCUT2D eigenvalue weighted by molar-refractivity contribution is 7.80. The second-order valence-electron chi connectivity index (χ2n) is 6.32. The van der Waals surface area contributed by atoms with Gasteiger partial charge >= 0.3 is 8.80 Å². The second kappa shape index (κ2) is 12.8. The monoisotopic (exact) mass is 349 g/mol. The van der Waals surface area contributed by atoms with Crippen LogP contribution in [0.5, 0.6) is 0 Å². The Morgan fingerprint density at radius 2 is 1.95 bits per heavy atom. The molecule has 0 aliphatic carbocycles. The molecule has 132 valence electrons. The summed E-state index contributed by atoms with van der Waals surface area (Å²) in [5.74, 6) is 1.42. The Morgan fingerprint density at radius 1 is 1.18 bits per heavy atom. The van der Waals surface area contributed by atoms with E-state index in [9.17, 15) is 0 Å². The van der Waals surface area contributed by atoms with Gasteiger partial charge in [0.15, 0.2) is 0 Å². The standard InChI is InChI=1S/C16H35NO3SSi/c1-3-4-5-6-7-8-11-18-22(14-9-13-21)19-12-10-16(2)15-17-20-22/h16-17,21H,3-15H2,1-2H3. The summed E-state index contributed by atoms with van der Waals surface area (Å²) < 4.78 is 18.1. The van der Waals surface area contributed by atoms with Crippen molar-refractivity contribution in [2.75, 3.05) is 25.5 Å². The number of hydroxylamine groups is 1. The van der Waals surface area contributed by atoms with Crippen LogP contribution in [-0.2, 0) is 13.4 Å². The van der Waals surface area contributed by atoms with Crippen LogP contribution in [0.3, 0.4) is 0 Å². The van der Waals surface area contributed by atoms with Crippen LogP contribution in [0.15, 0.2) is 0 Å². The van der Waals surface area contributed by atoms with Crippen molar-refractivity contribution in [3.05, 3.63) is 0 Å². The van der Waals surface area contributed by atoms with Crippen LogP contribution in [0.2, 0.25) is 6.04 Å². The fourth-order valence-corrected chi connectivity index (χ4v) is 5.36. The van der Waals surface area contributed by atoms with Gasteiger partial charge in [-0.2, -0.15) is 12.6 Å². The molecule has 1 rings (SSSR count). The molecule has 1 saturated heterocycles. The van der Waals surface area contributed by atoms with Crippen LogP contribution >= 0.6 is 12.6 Å². The molecule has 0 bridgehead atoms. The Bertz CT molecular complexity index is 262. The largest absolute Gasteiger partial charge is 0.517 e. The molecule has 1 N–H and O–H groups in total. The van der Waals surface area contributed by atoms with Gasteiger partial charge in [0.1, 0.15) is 0 Å². The van der Waals surface area contributed by atoms with E-state index in [-0.39, 0.29) is 0 Å². The van der Waals surface area contributed by atoms with Crippen LogP contribution in [0.4, 0.5) is 0 Å². The van der Waals surface area contributed by atoms with Gasteiger partial charge in [-0.3, -0.25) is 4.53 Å². The van der Waals surface area contributed by atoms with E-state index in [0.29, 0.717) is 5.92 Å². The molecule has 0 saturated carbocycles. The van der Waals surface area contributed by atoms with Gasteiger partial charge in [0, 0.05) is 25.8 Å². The average molecular weight is 350 g/mol. The second-order valence-corrected chi connectivity index (χ2v) is 9.41. The number of hydrogen-bond donors (Lipinski definition) is 2. The molecule has 1 aliphatic heterocycles. The van der Waals surface area contributed by atoms with Gasteiger partial charge in [0.2, 0.25) is 0 Å². The van der Waals surface area contributed by atoms with Crippen molar-refractivity contribution in [2.45, 2.75) is 71.3 Å². The van der Waals surface area contributed by atoms with Crippen molar-refractivity contribution in [2.24, 2.45) is 5.92 Å². The lowest BCUT2D eigenvalue weighted by Crippen LogP contribution is -2.52. The maximum absolute atomic E-state index is 6.15. The molecule has 1 fully saturated rings. The molecule has 0 amide bonds. The van der Waals surface area contributed by atoms with E-state index in [4.69, 9.17) is 13.4 Å². The minimum atomic E-state index is -2.55. The number of thiol groups is 1. The Hall–Kier alpha value is 0.407. The molecule has 22 heavy (non-hydrogen) atoms. The summed E-state index contributed by atoms with van der Waals surface area (Å²) in [5.41, 5.74) is 3.09. The lowest BCUT2D eigenvalue weighted by atomic mass is 10.1. The normalized spacial score (nSPS) is 26.6. The van der Waals surface area contributed by atoms with Crippen LogP contribution in [-0.4, -0.2) is 34.3 Å². The zero-order chi connectivity index (χ0) is 16.1. The quantitative estimate of drug-likeness (QED) is 0.333. The molecule has 0 spiro atoms. The van der Waals surface area contributed by atoms with E-state index < -0.39 is 8.80 Å². The van der Waals surface area contributed by atoms with Crippen molar-refractivity contribution >= 4 is 21.4 Å². The van der Waals surface area contributed by atoms with Gasteiger partial charge in [-0.25, -0.2) is 5.48 Å². The third-order valence-corrected chi connectivity index (χ3v) is 7.08.